The van der Waals surface area contributed by atoms with E-state index in [9.17, 15) is 5.11 Å². The molecule has 20 heavy (non-hydrogen) atoms. The van der Waals surface area contributed by atoms with Crippen molar-refractivity contribution in [3.05, 3.63) is 12.2 Å². The number of aliphatic hydroxyl groups is 1. The molecule has 4 aliphatic carbocycles. The van der Waals surface area contributed by atoms with Crippen molar-refractivity contribution in [3.8, 4) is 0 Å². The van der Waals surface area contributed by atoms with Crippen LogP contribution in [0.4, 0.5) is 0 Å². The maximum absolute atomic E-state index is 9.96. The smallest absolute Gasteiger partial charge is 0.0724 e. The molecule has 0 aliphatic heterocycles. The molecule has 0 aromatic heterocycles. The number of allylic oxidation sites excluding steroid dienone is 1. The summed E-state index contributed by atoms with van der Waals surface area (Å²) in [6.45, 7) is 5.09. The summed E-state index contributed by atoms with van der Waals surface area (Å²) in [5, 5.41) is 9.96. The zero-order valence-electron chi connectivity index (χ0n) is 13.1. The van der Waals surface area contributed by atoms with Gasteiger partial charge in [0.05, 0.1) is 6.10 Å². The molecule has 1 heteroatoms. The second kappa shape index (κ2) is 4.35. The summed E-state index contributed by atoms with van der Waals surface area (Å²) in [4.78, 5) is 0. The van der Waals surface area contributed by atoms with Gasteiger partial charge in [-0.2, -0.15) is 0 Å². The Bertz CT molecular complexity index is 427. The molecule has 0 spiro atoms. The average molecular weight is 274 g/mol. The first-order valence-corrected chi connectivity index (χ1v) is 8.90. The summed E-state index contributed by atoms with van der Waals surface area (Å²) >= 11 is 0. The standard InChI is InChI=1S/C19H30O/c1-18-9-3-4-16(18)15-6-5-13-12-14(20)7-11-19(13,2)17(15)8-10-18/h7,11,13-17,20H,3-6,8-10,12H2,1-2H3/t13?,14?,15-,16-,17-,18-,19-/m0/s1. The van der Waals surface area contributed by atoms with Gasteiger partial charge < -0.3 is 5.11 Å². The molecule has 0 amide bonds. The van der Waals surface area contributed by atoms with Crippen LogP contribution >= 0.6 is 0 Å². The number of fused-ring (bicyclic) bond motifs is 5. The van der Waals surface area contributed by atoms with Gasteiger partial charge in [-0.15, -0.1) is 0 Å². The van der Waals surface area contributed by atoms with E-state index >= 15 is 0 Å². The van der Waals surface area contributed by atoms with Gasteiger partial charge in [-0.3, -0.25) is 0 Å². The molecule has 1 nitrogen and oxygen atoms in total. The van der Waals surface area contributed by atoms with E-state index in [-0.39, 0.29) is 6.10 Å². The second-order valence-corrected chi connectivity index (χ2v) is 8.76. The van der Waals surface area contributed by atoms with E-state index in [1.165, 1.54) is 44.9 Å². The van der Waals surface area contributed by atoms with Crippen LogP contribution in [0.15, 0.2) is 12.2 Å². The molecule has 0 heterocycles. The summed E-state index contributed by atoms with van der Waals surface area (Å²) in [5.41, 5.74) is 1.05. The molecule has 0 saturated heterocycles. The molecule has 7 atom stereocenters. The third-order valence-corrected chi connectivity index (χ3v) is 7.95. The predicted molar refractivity (Wildman–Crippen MR) is 82.3 cm³/mol. The summed E-state index contributed by atoms with van der Waals surface area (Å²) < 4.78 is 0. The van der Waals surface area contributed by atoms with Gasteiger partial charge in [-0.25, -0.2) is 0 Å². The fraction of sp³-hybridized carbons (Fsp3) is 0.895. The van der Waals surface area contributed by atoms with Crippen LogP contribution in [0.2, 0.25) is 0 Å². The van der Waals surface area contributed by atoms with Gasteiger partial charge in [-0.1, -0.05) is 32.4 Å². The van der Waals surface area contributed by atoms with Crippen molar-refractivity contribution in [3.63, 3.8) is 0 Å². The van der Waals surface area contributed by atoms with Crippen molar-refractivity contribution < 1.29 is 5.11 Å². The third-order valence-electron chi connectivity index (χ3n) is 7.95. The zero-order valence-corrected chi connectivity index (χ0v) is 13.1. The molecular weight excluding hydrogens is 244 g/mol. The number of hydrogen-bond acceptors (Lipinski definition) is 1. The van der Waals surface area contributed by atoms with Crippen LogP contribution in [-0.4, -0.2) is 11.2 Å². The van der Waals surface area contributed by atoms with E-state index in [1.807, 2.05) is 0 Å². The van der Waals surface area contributed by atoms with Crippen LogP contribution in [0.3, 0.4) is 0 Å². The summed E-state index contributed by atoms with van der Waals surface area (Å²) in [5.74, 6) is 3.59. The van der Waals surface area contributed by atoms with Crippen LogP contribution in [0.5, 0.6) is 0 Å². The lowest BCUT2D eigenvalue weighted by molar-refractivity contribution is -0.0760. The molecule has 3 saturated carbocycles. The average Bonchev–Trinajstić information content (AvgIpc) is 2.81. The minimum atomic E-state index is -0.176. The first kappa shape index (κ1) is 13.4. The first-order valence-electron chi connectivity index (χ1n) is 8.90. The summed E-state index contributed by atoms with van der Waals surface area (Å²) in [6, 6.07) is 0. The molecule has 112 valence electrons. The lowest BCUT2D eigenvalue weighted by atomic mass is 9.46. The molecular formula is C19H30O. The normalized spacial score (nSPS) is 57.9. The molecule has 0 bridgehead atoms. The Morgan fingerprint density at radius 1 is 1.00 bits per heavy atom. The van der Waals surface area contributed by atoms with E-state index < -0.39 is 0 Å². The highest BCUT2D eigenvalue weighted by Crippen LogP contribution is 2.65. The molecule has 1 N–H and O–H groups in total. The summed E-state index contributed by atoms with van der Waals surface area (Å²) in [7, 11) is 0. The SMILES string of the molecule is C[C@@]12CCC[C@H]1[C@@H]1CCC3CC(O)C=C[C@]3(C)[C@H]1CC2. The maximum Gasteiger partial charge on any atom is 0.0724 e. The number of hydrogen-bond donors (Lipinski definition) is 1. The van der Waals surface area contributed by atoms with Gasteiger partial charge in [0.2, 0.25) is 0 Å². The van der Waals surface area contributed by atoms with Crippen molar-refractivity contribution in [1.82, 2.24) is 0 Å². The van der Waals surface area contributed by atoms with Crippen LogP contribution in [0.1, 0.15) is 65.2 Å². The van der Waals surface area contributed by atoms with Crippen molar-refractivity contribution in [2.75, 3.05) is 0 Å². The van der Waals surface area contributed by atoms with Gasteiger partial charge in [0, 0.05) is 0 Å². The Morgan fingerprint density at radius 3 is 2.70 bits per heavy atom. The number of aliphatic hydroxyl groups excluding tert-OH is 1. The van der Waals surface area contributed by atoms with E-state index in [2.05, 4.69) is 26.0 Å². The minimum absolute atomic E-state index is 0.176. The van der Waals surface area contributed by atoms with Gasteiger partial charge in [0.15, 0.2) is 0 Å². The molecule has 2 unspecified atom stereocenters. The first-order chi connectivity index (χ1) is 9.53. The lowest BCUT2D eigenvalue weighted by Crippen LogP contribution is -2.51. The van der Waals surface area contributed by atoms with E-state index in [0.717, 1.165) is 30.1 Å². The second-order valence-electron chi connectivity index (χ2n) is 8.76. The topological polar surface area (TPSA) is 20.2 Å². The van der Waals surface area contributed by atoms with Crippen molar-refractivity contribution >= 4 is 0 Å². The molecule has 0 aromatic rings. The molecule has 0 radical (unpaired) electrons. The van der Waals surface area contributed by atoms with Gasteiger partial charge in [-0.05, 0) is 79.4 Å². The molecule has 3 fully saturated rings. The fourth-order valence-corrected chi connectivity index (χ4v) is 6.78. The Labute approximate surface area is 123 Å². The van der Waals surface area contributed by atoms with Gasteiger partial charge in [0.25, 0.3) is 0 Å². The largest absolute Gasteiger partial charge is 0.389 e. The van der Waals surface area contributed by atoms with Crippen LogP contribution in [0.25, 0.3) is 0 Å². The van der Waals surface area contributed by atoms with Gasteiger partial charge in [0.1, 0.15) is 0 Å². The van der Waals surface area contributed by atoms with Crippen LogP contribution in [-0.2, 0) is 0 Å². The third kappa shape index (κ3) is 1.71. The highest BCUT2D eigenvalue weighted by Gasteiger charge is 2.56. The Morgan fingerprint density at radius 2 is 1.85 bits per heavy atom. The highest BCUT2D eigenvalue weighted by atomic mass is 16.3. The lowest BCUT2D eigenvalue weighted by Gasteiger charge is -2.58. The summed E-state index contributed by atoms with van der Waals surface area (Å²) in [6.07, 6.45) is 15.5. The van der Waals surface area contributed by atoms with E-state index in [4.69, 9.17) is 0 Å². The Kier molecular flexibility index (Phi) is 2.91. The van der Waals surface area contributed by atoms with Crippen molar-refractivity contribution in [2.45, 2.75) is 71.3 Å². The molecule has 4 aliphatic rings. The fourth-order valence-electron chi connectivity index (χ4n) is 6.78. The van der Waals surface area contributed by atoms with Gasteiger partial charge >= 0.3 is 0 Å². The highest BCUT2D eigenvalue weighted by molar-refractivity contribution is 5.16. The Balaban J connectivity index is 1.67. The zero-order chi connectivity index (χ0) is 14.0. The molecule has 4 rings (SSSR count). The van der Waals surface area contributed by atoms with Crippen LogP contribution < -0.4 is 0 Å². The quantitative estimate of drug-likeness (QED) is 0.642. The molecule has 0 aromatic carbocycles. The predicted octanol–water partition coefficient (Wildman–Crippen LogP) is 4.56. The van der Waals surface area contributed by atoms with E-state index in [0.29, 0.717) is 10.8 Å². The van der Waals surface area contributed by atoms with Crippen molar-refractivity contribution in [1.29, 1.82) is 0 Å². The monoisotopic (exact) mass is 274 g/mol. The van der Waals surface area contributed by atoms with Crippen LogP contribution in [0, 0.1) is 34.5 Å². The van der Waals surface area contributed by atoms with E-state index in [1.54, 1.807) is 0 Å². The maximum atomic E-state index is 9.96. The Hall–Kier alpha value is -0.300. The minimum Gasteiger partial charge on any atom is -0.389 e. The number of rotatable bonds is 0. The van der Waals surface area contributed by atoms with Crippen molar-refractivity contribution in [2.24, 2.45) is 34.5 Å².